The topological polar surface area (TPSA) is 161 Å². The molecule has 2 unspecified atom stereocenters. The molecule has 0 aliphatic heterocycles. The Balaban J connectivity index is 1.34. The SMILES string of the molecule is NC(Cc1ccccc1)C(=O)CCCC(NCCCNC(=O)OCc1ccccc1)N(CCCNC(=O)OCc1ccccc1)C(=O)OCc1ccccc1. The van der Waals surface area contributed by atoms with E-state index in [-0.39, 0.29) is 45.1 Å². The van der Waals surface area contributed by atoms with Gasteiger partial charge in [0.2, 0.25) is 0 Å². The average Bonchev–Trinajstić information content (AvgIpc) is 3.22. The first-order valence-corrected chi connectivity index (χ1v) is 18.8. The normalized spacial score (nSPS) is 11.8. The number of amides is 3. The molecule has 55 heavy (non-hydrogen) atoms. The quantitative estimate of drug-likeness (QED) is 0.0378. The van der Waals surface area contributed by atoms with Gasteiger partial charge in [0, 0.05) is 26.1 Å². The summed E-state index contributed by atoms with van der Waals surface area (Å²) in [6, 6.07) is 37.2. The third-order valence-corrected chi connectivity index (χ3v) is 8.70. The molecule has 0 bridgehead atoms. The van der Waals surface area contributed by atoms with Crippen molar-refractivity contribution < 1.29 is 33.4 Å². The molecule has 3 amide bonds. The second kappa shape index (κ2) is 24.6. The van der Waals surface area contributed by atoms with Crippen LogP contribution in [-0.2, 0) is 45.2 Å². The molecular weight excluding hydrogens is 699 g/mol. The van der Waals surface area contributed by atoms with Crippen LogP contribution in [0.5, 0.6) is 0 Å². The number of ketones is 1. The van der Waals surface area contributed by atoms with Crippen LogP contribution in [0.15, 0.2) is 121 Å². The zero-order chi connectivity index (χ0) is 38.9. The summed E-state index contributed by atoms with van der Waals surface area (Å²) in [4.78, 5) is 53.0. The summed E-state index contributed by atoms with van der Waals surface area (Å²) in [5.74, 6) is -0.0581. The summed E-state index contributed by atoms with van der Waals surface area (Å²) in [6.07, 6.45) is 0.402. The number of nitrogens with zero attached hydrogens (tertiary/aromatic N) is 1. The van der Waals surface area contributed by atoms with Crippen LogP contribution < -0.4 is 21.7 Å². The van der Waals surface area contributed by atoms with Crippen molar-refractivity contribution in [1.82, 2.24) is 20.9 Å². The van der Waals surface area contributed by atoms with Gasteiger partial charge in [-0.1, -0.05) is 121 Å². The number of ether oxygens (including phenoxy) is 3. The van der Waals surface area contributed by atoms with E-state index < -0.39 is 30.5 Å². The van der Waals surface area contributed by atoms with Crippen molar-refractivity contribution in [2.75, 3.05) is 26.2 Å². The van der Waals surface area contributed by atoms with Crippen LogP contribution in [-0.4, -0.2) is 67.3 Å². The summed E-state index contributed by atoms with van der Waals surface area (Å²) in [5, 5.41) is 8.96. The fourth-order valence-corrected chi connectivity index (χ4v) is 5.72. The fraction of sp³-hybridized carbons (Fsp3) is 0.349. The van der Waals surface area contributed by atoms with Gasteiger partial charge in [-0.05, 0) is 60.9 Å². The summed E-state index contributed by atoms with van der Waals surface area (Å²) in [5.41, 5.74) is 9.87. The molecule has 2 atom stereocenters. The van der Waals surface area contributed by atoms with E-state index in [2.05, 4.69) is 16.0 Å². The first kappa shape index (κ1) is 42.0. The van der Waals surface area contributed by atoms with Gasteiger partial charge < -0.3 is 30.6 Å². The van der Waals surface area contributed by atoms with Crippen molar-refractivity contribution in [1.29, 1.82) is 0 Å². The summed E-state index contributed by atoms with van der Waals surface area (Å²) in [7, 11) is 0. The highest BCUT2D eigenvalue weighted by Gasteiger charge is 2.25. The van der Waals surface area contributed by atoms with E-state index in [1.54, 1.807) is 4.90 Å². The van der Waals surface area contributed by atoms with Crippen LogP contribution in [0.4, 0.5) is 14.4 Å². The smallest absolute Gasteiger partial charge is 0.411 e. The van der Waals surface area contributed by atoms with Gasteiger partial charge in [0.1, 0.15) is 25.6 Å². The third kappa shape index (κ3) is 16.9. The molecule has 0 spiro atoms. The third-order valence-electron chi connectivity index (χ3n) is 8.70. The Morgan fingerprint density at radius 3 is 1.53 bits per heavy atom. The molecule has 12 heteroatoms. The Morgan fingerprint density at radius 1 is 0.564 bits per heavy atom. The Bertz CT molecular complexity index is 1700. The van der Waals surface area contributed by atoms with Gasteiger partial charge in [-0.3, -0.25) is 15.0 Å². The molecular formula is C43H53N5O7. The summed E-state index contributed by atoms with van der Waals surface area (Å²) >= 11 is 0. The number of rotatable bonds is 23. The van der Waals surface area contributed by atoms with Crippen LogP contribution in [0.1, 0.15) is 54.4 Å². The monoisotopic (exact) mass is 751 g/mol. The molecule has 0 aromatic heterocycles. The van der Waals surface area contributed by atoms with Crippen LogP contribution in [0.3, 0.4) is 0 Å². The predicted octanol–water partition coefficient (Wildman–Crippen LogP) is 6.48. The molecule has 292 valence electrons. The number of hydrogen-bond donors (Lipinski definition) is 4. The Hall–Kier alpha value is -5.72. The lowest BCUT2D eigenvalue weighted by atomic mass is 9.99. The number of nitrogens with one attached hydrogen (secondary N) is 3. The van der Waals surface area contributed by atoms with Gasteiger partial charge in [0.25, 0.3) is 0 Å². The van der Waals surface area contributed by atoms with Crippen molar-refractivity contribution >= 4 is 24.1 Å². The Labute approximate surface area is 323 Å². The zero-order valence-electron chi connectivity index (χ0n) is 31.3. The molecule has 0 aliphatic rings. The van der Waals surface area contributed by atoms with Gasteiger partial charge in [0.05, 0.1) is 12.2 Å². The van der Waals surface area contributed by atoms with E-state index in [9.17, 15) is 19.2 Å². The minimum Gasteiger partial charge on any atom is -0.445 e. The van der Waals surface area contributed by atoms with E-state index in [0.717, 1.165) is 22.3 Å². The van der Waals surface area contributed by atoms with Crippen molar-refractivity contribution in [2.24, 2.45) is 5.73 Å². The second-order valence-corrected chi connectivity index (χ2v) is 13.0. The minimum atomic E-state index is -0.638. The van der Waals surface area contributed by atoms with E-state index in [1.165, 1.54) is 0 Å². The van der Waals surface area contributed by atoms with Gasteiger partial charge in [-0.25, -0.2) is 14.4 Å². The van der Waals surface area contributed by atoms with Crippen LogP contribution in [0, 0.1) is 0 Å². The minimum absolute atomic E-state index is 0.0581. The lowest BCUT2D eigenvalue weighted by molar-refractivity contribution is -0.120. The summed E-state index contributed by atoms with van der Waals surface area (Å²) in [6.45, 7) is 1.67. The lowest BCUT2D eigenvalue weighted by Gasteiger charge is -2.32. The average molecular weight is 752 g/mol. The fourth-order valence-electron chi connectivity index (χ4n) is 5.72. The number of Topliss-reactive ketones (excluding diaryl/α,β-unsaturated/α-hetero) is 1. The molecule has 0 radical (unpaired) electrons. The molecule has 4 aromatic carbocycles. The molecule has 4 aromatic rings. The maximum atomic E-state index is 13.7. The van der Waals surface area contributed by atoms with Crippen LogP contribution in [0.25, 0.3) is 0 Å². The Kier molecular flexibility index (Phi) is 18.8. The van der Waals surface area contributed by atoms with Crippen molar-refractivity contribution in [3.63, 3.8) is 0 Å². The number of alkyl carbamates (subject to hydrolysis) is 2. The first-order valence-electron chi connectivity index (χ1n) is 18.8. The lowest BCUT2D eigenvalue weighted by Crippen LogP contribution is -2.50. The van der Waals surface area contributed by atoms with E-state index in [1.807, 2.05) is 121 Å². The van der Waals surface area contributed by atoms with Crippen molar-refractivity contribution in [3.8, 4) is 0 Å². The van der Waals surface area contributed by atoms with E-state index in [0.29, 0.717) is 45.2 Å². The van der Waals surface area contributed by atoms with Gasteiger partial charge >= 0.3 is 18.3 Å². The van der Waals surface area contributed by atoms with E-state index in [4.69, 9.17) is 19.9 Å². The van der Waals surface area contributed by atoms with Gasteiger partial charge in [-0.2, -0.15) is 0 Å². The Morgan fingerprint density at radius 2 is 1.02 bits per heavy atom. The zero-order valence-corrected chi connectivity index (χ0v) is 31.3. The number of nitrogens with two attached hydrogens (primary N) is 1. The summed E-state index contributed by atoms with van der Waals surface area (Å²) < 4.78 is 16.4. The number of hydrogen-bond acceptors (Lipinski definition) is 9. The highest BCUT2D eigenvalue weighted by atomic mass is 16.6. The molecule has 0 saturated heterocycles. The van der Waals surface area contributed by atoms with Gasteiger partial charge in [-0.15, -0.1) is 0 Å². The van der Waals surface area contributed by atoms with Gasteiger partial charge in [0.15, 0.2) is 0 Å². The largest absolute Gasteiger partial charge is 0.445 e. The first-order chi connectivity index (χ1) is 26.9. The number of benzene rings is 4. The highest BCUT2D eigenvalue weighted by molar-refractivity contribution is 5.84. The van der Waals surface area contributed by atoms with Crippen LogP contribution >= 0.6 is 0 Å². The highest BCUT2D eigenvalue weighted by Crippen LogP contribution is 2.14. The predicted molar refractivity (Wildman–Crippen MR) is 211 cm³/mol. The molecule has 5 N–H and O–H groups in total. The molecule has 0 heterocycles. The number of carbonyl (C=O) groups excluding carboxylic acids is 4. The van der Waals surface area contributed by atoms with E-state index >= 15 is 0 Å². The molecule has 0 fully saturated rings. The van der Waals surface area contributed by atoms with Crippen LogP contribution in [0.2, 0.25) is 0 Å². The number of carbonyl (C=O) groups is 4. The van der Waals surface area contributed by atoms with Crippen molar-refractivity contribution in [2.45, 2.75) is 70.6 Å². The standard InChI is InChI=1S/C43H53N5O7/c44-38(30-34-16-5-1-6-17-34)39(49)24-13-25-40(45-26-14-27-46-41(50)53-31-35-18-7-2-8-19-35)48(43(52)55-33-37-22-11-4-12-23-37)29-15-28-47-42(51)54-32-36-20-9-3-10-21-36/h1-12,16-23,38,40,45H,13-15,24-33,44H2,(H,46,50)(H,47,51). The van der Waals surface area contributed by atoms with Crippen molar-refractivity contribution in [3.05, 3.63) is 144 Å². The molecule has 12 nitrogen and oxygen atoms in total. The second-order valence-electron chi connectivity index (χ2n) is 13.0. The molecule has 0 aliphatic carbocycles. The molecule has 4 rings (SSSR count). The maximum absolute atomic E-state index is 13.7. The molecule has 0 saturated carbocycles. The maximum Gasteiger partial charge on any atom is 0.411 e.